The summed E-state index contributed by atoms with van der Waals surface area (Å²) in [5.74, 6) is 0. The number of aliphatic imine (C=N–C) groups is 1. The van der Waals surface area contributed by atoms with Gasteiger partial charge in [0.05, 0.1) is 0 Å². The maximum Gasteiger partial charge on any atom is 0.286 e. The first-order valence-electron chi connectivity index (χ1n) is 2.76. The predicted octanol–water partition coefficient (Wildman–Crippen LogP) is 0.399. The Balaban J connectivity index is 2.30. The fourth-order valence-electron chi connectivity index (χ4n) is 0.834. The van der Waals surface area contributed by atoms with E-state index in [1.807, 2.05) is 12.5 Å². The lowest BCUT2D eigenvalue weighted by atomic mass is 10.3. The van der Waals surface area contributed by atoms with Crippen molar-refractivity contribution in [1.29, 1.82) is 0 Å². The van der Waals surface area contributed by atoms with Crippen LogP contribution < -0.4 is 0 Å². The molecule has 2 nitrogen and oxygen atoms in total. The van der Waals surface area contributed by atoms with Gasteiger partial charge in [-0.05, 0) is 6.08 Å². The molecule has 0 amide bonds. The standard InChI is InChI=1S/C6H7N2/c1-2-6-4-8(6)5-7-3-1/h1,3,5H,2,4H2/q+1. The summed E-state index contributed by atoms with van der Waals surface area (Å²) in [6.45, 7) is 1.13. The monoisotopic (exact) mass is 107 g/mol. The second kappa shape index (κ2) is 1.28. The Morgan fingerprint density at radius 1 is 1.62 bits per heavy atom. The van der Waals surface area contributed by atoms with Crippen LogP contribution in [0.3, 0.4) is 0 Å². The van der Waals surface area contributed by atoms with Gasteiger partial charge in [-0.15, -0.1) is 0 Å². The van der Waals surface area contributed by atoms with Gasteiger partial charge in [0, 0.05) is 6.42 Å². The third kappa shape index (κ3) is 0.494. The quantitative estimate of drug-likeness (QED) is 0.398. The molecule has 0 aromatic rings. The Labute approximate surface area is 47.9 Å². The molecule has 2 heterocycles. The van der Waals surface area contributed by atoms with E-state index >= 15 is 0 Å². The highest BCUT2D eigenvalue weighted by atomic mass is 15.2. The van der Waals surface area contributed by atoms with E-state index < -0.39 is 0 Å². The van der Waals surface area contributed by atoms with Gasteiger partial charge in [0.1, 0.15) is 18.5 Å². The summed E-state index contributed by atoms with van der Waals surface area (Å²) in [4.78, 5) is 3.99. The highest BCUT2D eigenvalue weighted by Gasteiger charge is 2.24. The first kappa shape index (κ1) is 4.01. The first-order chi connectivity index (χ1) is 3.97. The molecule has 0 aliphatic carbocycles. The smallest absolute Gasteiger partial charge is 0.226 e. The third-order valence-electron chi connectivity index (χ3n) is 1.41. The molecule has 0 saturated carbocycles. The zero-order valence-corrected chi connectivity index (χ0v) is 4.54. The summed E-state index contributed by atoms with van der Waals surface area (Å²) in [5.41, 5.74) is 1.49. The van der Waals surface area contributed by atoms with E-state index in [2.05, 4.69) is 15.6 Å². The maximum absolute atomic E-state index is 3.99. The molecular weight excluding hydrogens is 100 g/mol. The van der Waals surface area contributed by atoms with Crippen molar-refractivity contribution < 1.29 is 4.58 Å². The highest BCUT2D eigenvalue weighted by molar-refractivity contribution is 5.93. The zero-order chi connectivity index (χ0) is 5.40. The van der Waals surface area contributed by atoms with E-state index in [9.17, 15) is 0 Å². The lowest BCUT2D eigenvalue weighted by Crippen LogP contribution is -1.81. The van der Waals surface area contributed by atoms with Gasteiger partial charge in [-0.25, -0.2) is 4.58 Å². The lowest BCUT2D eigenvalue weighted by Gasteiger charge is -1.66. The minimum absolute atomic E-state index is 1.10. The second-order valence-corrected chi connectivity index (χ2v) is 2.05. The first-order valence-corrected chi connectivity index (χ1v) is 2.76. The van der Waals surface area contributed by atoms with Crippen LogP contribution in [0.2, 0.25) is 0 Å². The van der Waals surface area contributed by atoms with Crippen LogP contribution in [-0.2, 0) is 0 Å². The fraction of sp³-hybridized carbons (Fsp3) is 0.333. The molecule has 0 saturated heterocycles. The number of hydrogen-bond acceptors (Lipinski definition) is 1. The highest BCUT2D eigenvalue weighted by Crippen LogP contribution is 2.04. The Bertz CT molecular complexity index is 199. The molecule has 2 heteroatoms. The normalized spacial score (nSPS) is 23.0. The van der Waals surface area contributed by atoms with E-state index in [0.29, 0.717) is 0 Å². The molecule has 40 valence electrons. The summed E-state index contributed by atoms with van der Waals surface area (Å²) < 4.78 is 2.15. The molecule has 8 heavy (non-hydrogen) atoms. The van der Waals surface area contributed by atoms with Crippen molar-refractivity contribution in [1.82, 2.24) is 0 Å². The number of nitrogens with zero attached hydrogens (tertiary/aromatic N) is 2. The molecule has 2 aliphatic rings. The molecule has 0 fully saturated rings. The van der Waals surface area contributed by atoms with Gasteiger partial charge in [-0.2, -0.15) is 0 Å². The van der Waals surface area contributed by atoms with Crippen LogP contribution in [0.1, 0.15) is 6.42 Å². The van der Waals surface area contributed by atoms with Gasteiger partial charge in [0.25, 0.3) is 6.34 Å². The SMILES string of the molecule is C1=CN=C[N+]2=C(C1)C2. The number of rotatable bonds is 0. The van der Waals surface area contributed by atoms with Crippen molar-refractivity contribution in [3.63, 3.8) is 0 Å². The van der Waals surface area contributed by atoms with Crippen molar-refractivity contribution in [2.45, 2.75) is 6.42 Å². The number of allylic oxidation sites excluding steroid dienone is 1. The van der Waals surface area contributed by atoms with E-state index in [0.717, 1.165) is 13.0 Å². The molecule has 0 bridgehead atoms. The molecule has 0 N–H and O–H groups in total. The summed E-state index contributed by atoms with van der Waals surface area (Å²) in [6.07, 6.45) is 6.90. The van der Waals surface area contributed by atoms with Crippen LogP contribution in [0.25, 0.3) is 0 Å². The Kier molecular flexibility index (Phi) is 0.640. The largest absolute Gasteiger partial charge is 0.286 e. The third-order valence-corrected chi connectivity index (χ3v) is 1.41. The van der Waals surface area contributed by atoms with E-state index in [1.165, 1.54) is 5.71 Å². The molecule has 0 atom stereocenters. The Morgan fingerprint density at radius 2 is 2.62 bits per heavy atom. The van der Waals surface area contributed by atoms with E-state index in [4.69, 9.17) is 0 Å². The Morgan fingerprint density at radius 3 is 3.62 bits per heavy atom. The van der Waals surface area contributed by atoms with E-state index in [1.54, 1.807) is 0 Å². The molecule has 0 radical (unpaired) electrons. The molecule has 0 aromatic heterocycles. The van der Waals surface area contributed by atoms with Crippen LogP contribution in [0.15, 0.2) is 17.3 Å². The van der Waals surface area contributed by atoms with Crippen molar-refractivity contribution >= 4 is 12.1 Å². The topological polar surface area (TPSA) is 15.4 Å². The van der Waals surface area contributed by atoms with Gasteiger partial charge in [-0.3, -0.25) is 0 Å². The second-order valence-electron chi connectivity index (χ2n) is 2.05. The Hall–Kier alpha value is -0.920. The van der Waals surface area contributed by atoms with Crippen molar-refractivity contribution in [2.75, 3.05) is 6.54 Å². The predicted molar refractivity (Wildman–Crippen MR) is 32.4 cm³/mol. The van der Waals surface area contributed by atoms with Crippen LogP contribution in [-0.4, -0.2) is 23.2 Å². The van der Waals surface area contributed by atoms with Crippen LogP contribution in [0.4, 0.5) is 0 Å². The van der Waals surface area contributed by atoms with Crippen LogP contribution in [0, 0.1) is 0 Å². The molecule has 0 aromatic carbocycles. The molecular formula is C6H7N2+. The lowest BCUT2D eigenvalue weighted by molar-refractivity contribution is -0.295. The molecule has 0 unspecified atom stereocenters. The summed E-state index contributed by atoms with van der Waals surface area (Å²) in [6, 6.07) is 0. The van der Waals surface area contributed by atoms with Gasteiger partial charge in [0.15, 0.2) is 0 Å². The molecule has 2 rings (SSSR count). The van der Waals surface area contributed by atoms with Crippen LogP contribution in [0.5, 0.6) is 0 Å². The summed E-state index contributed by atoms with van der Waals surface area (Å²) in [7, 11) is 0. The number of hydrogen-bond donors (Lipinski definition) is 0. The summed E-state index contributed by atoms with van der Waals surface area (Å²) >= 11 is 0. The maximum atomic E-state index is 3.99. The van der Waals surface area contributed by atoms with Crippen molar-refractivity contribution in [2.24, 2.45) is 4.99 Å². The van der Waals surface area contributed by atoms with Crippen LogP contribution >= 0.6 is 0 Å². The average molecular weight is 107 g/mol. The summed E-state index contributed by atoms with van der Waals surface area (Å²) in [5, 5.41) is 0. The van der Waals surface area contributed by atoms with Gasteiger partial charge in [0.2, 0.25) is 0 Å². The zero-order valence-electron chi connectivity index (χ0n) is 4.54. The van der Waals surface area contributed by atoms with Gasteiger partial charge >= 0.3 is 0 Å². The van der Waals surface area contributed by atoms with E-state index in [-0.39, 0.29) is 0 Å². The van der Waals surface area contributed by atoms with Gasteiger partial charge in [-0.1, -0.05) is 4.99 Å². The molecule has 0 spiro atoms. The molecule has 2 aliphatic heterocycles. The average Bonchev–Trinajstić information content (AvgIpc) is 2.36. The van der Waals surface area contributed by atoms with Crippen molar-refractivity contribution in [3.05, 3.63) is 12.3 Å². The van der Waals surface area contributed by atoms with Gasteiger partial charge < -0.3 is 0 Å². The van der Waals surface area contributed by atoms with Crippen molar-refractivity contribution in [3.8, 4) is 0 Å². The minimum Gasteiger partial charge on any atom is -0.226 e. The fourth-order valence-corrected chi connectivity index (χ4v) is 0.834. The minimum atomic E-state index is 1.10.